The number of carbonyl (C=O) groups excluding carboxylic acids is 1. The van der Waals surface area contributed by atoms with Crippen molar-refractivity contribution in [2.75, 3.05) is 6.61 Å². The van der Waals surface area contributed by atoms with Crippen molar-refractivity contribution >= 4 is 5.78 Å². The lowest BCUT2D eigenvalue weighted by atomic mass is 10.1. The molecular weight excluding hydrogens is 240 g/mol. The van der Waals surface area contributed by atoms with E-state index in [2.05, 4.69) is 13.2 Å². The van der Waals surface area contributed by atoms with E-state index in [1.165, 1.54) is 6.08 Å². The highest BCUT2D eigenvalue weighted by molar-refractivity contribution is 5.89. The number of hydrogen-bond acceptors (Lipinski definition) is 3. The van der Waals surface area contributed by atoms with E-state index in [9.17, 15) is 9.90 Å². The molecule has 0 aliphatic carbocycles. The van der Waals surface area contributed by atoms with Crippen LogP contribution in [0.5, 0.6) is 0 Å². The molecule has 0 radical (unpaired) electrons. The van der Waals surface area contributed by atoms with Crippen molar-refractivity contribution in [1.29, 1.82) is 0 Å². The van der Waals surface area contributed by atoms with E-state index in [4.69, 9.17) is 4.74 Å². The minimum atomic E-state index is -0.710. The first-order valence-electron chi connectivity index (χ1n) is 6.23. The van der Waals surface area contributed by atoms with E-state index in [0.717, 1.165) is 11.1 Å². The molecule has 0 bridgehead atoms. The standard InChI is InChI=1S/C16H20O3/c1-3-15(17)10-16(18)9-13(2)11-19-12-14-7-5-4-6-8-14/h3-8,16,18H,1-2,9-12H2. The fraction of sp³-hybridized carbons (Fsp3) is 0.312. The van der Waals surface area contributed by atoms with Crippen LogP contribution in [0.15, 0.2) is 55.1 Å². The van der Waals surface area contributed by atoms with Gasteiger partial charge in [-0.25, -0.2) is 0 Å². The van der Waals surface area contributed by atoms with E-state index >= 15 is 0 Å². The van der Waals surface area contributed by atoms with Gasteiger partial charge in [0.1, 0.15) is 0 Å². The molecule has 0 heterocycles. The number of aliphatic hydroxyl groups is 1. The third-order valence-corrected chi connectivity index (χ3v) is 2.61. The summed E-state index contributed by atoms with van der Waals surface area (Å²) in [5.41, 5.74) is 1.87. The summed E-state index contributed by atoms with van der Waals surface area (Å²) in [6, 6.07) is 9.84. The third kappa shape index (κ3) is 6.70. The van der Waals surface area contributed by atoms with Gasteiger partial charge in [0.05, 0.1) is 19.3 Å². The van der Waals surface area contributed by atoms with Crippen LogP contribution in [0, 0.1) is 0 Å². The van der Waals surface area contributed by atoms with Crippen LogP contribution in [0.4, 0.5) is 0 Å². The molecule has 19 heavy (non-hydrogen) atoms. The molecule has 0 spiro atoms. The number of aliphatic hydroxyl groups excluding tert-OH is 1. The molecule has 0 amide bonds. The SMILES string of the molecule is C=CC(=O)CC(O)CC(=C)COCc1ccccc1. The first kappa shape index (κ1) is 15.3. The number of ketones is 1. The maximum atomic E-state index is 11.1. The van der Waals surface area contributed by atoms with Crippen LogP contribution in [0.1, 0.15) is 18.4 Å². The van der Waals surface area contributed by atoms with Gasteiger partial charge < -0.3 is 9.84 Å². The highest BCUT2D eigenvalue weighted by Gasteiger charge is 2.10. The number of hydrogen-bond donors (Lipinski definition) is 1. The molecule has 1 unspecified atom stereocenters. The van der Waals surface area contributed by atoms with Crippen LogP contribution in [-0.2, 0) is 16.1 Å². The molecule has 3 heteroatoms. The van der Waals surface area contributed by atoms with E-state index in [1.54, 1.807) is 0 Å². The van der Waals surface area contributed by atoms with Crippen LogP contribution < -0.4 is 0 Å². The summed E-state index contributed by atoms with van der Waals surface area (Å²) in [5, 5.41) is 9.65. The van der Waals surface area contributed by atoms with Crippen LogP contribution in [0.25, 0.3) is 0 Å². The van der Waals surface area contributed by atoms with Gasteiger partial charge in [-0.05, 0) is 23.6 Å². The molecule has 0 saturated heterocycles. The zero-order valence-corrected chi connectivity index (χ0v) is 11.0. The Morgan fingerprint density at radius 2 is 2.00 bits per heavy atom. The van der Waals surface area contributed by atoms with Crippen molar-refractivity contribution in [1.82, 2.24) is 0 Å². The van der Waals surface area contributed by atoms with Crippen LogP contribution in [0.2, 0.25) is 0 Å². The van der Waals surface area contributed by atoms with Crippen LogP contribution in [-0.4, -0.2) is 23.6 Å². The largest absolute Gasteiger partial charge is 0.392 e. The zero-order valence-electron chi connectivity index (χ0n) is 11.0. The molecule has 0 aromatic heterocycles. The van der Waals surface area contributed by atoms with Gasteiger partial charge in [0.2, 0.25) is 0 Å². The summed E-state index contributed by atoms with van der Waals surface area (Å²) in [7, 11) is 0. The second-order valence-electron chi connectivity index (χ2n) is 4.46. The number of allylic oxidation sites excluding steroid dienone is 1. The van der Waals surface area contributed by atoms with Crippen molar-refractivity contribution < 1.29 is 14.6 Å². The maximum Gasteiger partial charge on any atom is 0.157 e. The Morgan fingerprint density at radius 3 is 2.63 bits per heavy atom. The van der Waals surface area contributed by atoms with Crippen LogP contribution in [0.3, 0.4) is 0 Å². The highest BCUT2D eigenvalue weighted by atomic mass is 16.5. The van der Waals surface area contributed by atoms with Crippen molar-refractivity contribution in [2.45, 2.75) is 25.6 Å². The summed E-state index contributed by atoms with van der Waals surface area (Å²) < 4.78 is 5.50. The molecule has 0 fully saturated rings. The summed E-state index contributed by atoms with van der Waals surface area (Å²) in [4.78, 5) is 11.1. The Balaban J connectivity index is 2.21. The van der Waals surface area contributed by atoms with E-state index in [-0.39, 0.29) is 12.2 Å². The number of carbonyl (C=O) groups is 1. The first-order valence-corrected chi connectivity index (χ1v) is 6.23. The summed E-state index contributed by atoms with van der Waals surface area (Å²) in [5.74, 6) is -0.162. The average molecular weight is 260 g/mol. The molecule has 1 atom stereocenters. The summed E-state index contributed by atoms with van der Waals surface area (Å²) in [6.45, 7) is 8.10. The fourth-order valence-electron chi connectivity index (χ4n) is 1.67. The average Bonchev–Trinajstić information content (AvgIpc) is 2.39. The predicted molar refractivity (Wildman–Crippen MR) is 75.7 cm³/mol. The molecule has 0 aliphatic rings. The Hall–Kier alpha value is -1.71. The topological polar surface area (TPSA) is 46.5 Å². The Morgan fingerprint density at radius 1 is 1.32 bits per heavy atom. The molecule has 1 aromatic rings. The van der Waals surface area contributed by atoms with Gasteiger partial charge in [0, 0.05) is 6.42 Å². The Bertz CT molecular complexity index is 423. The van der Waals surface area contributed by atoms with Gasteiger partial charge in [-0.15, -0.1) is 0 Å². The molecule has 3 nitrogen and oxygen atoms in total. The van der Waals surface area contributed by atoms with Crippen LogP contribution >= 0.6 is 0 Å². The summed E-state index contributed by atoms with van der Waals surface area (Å²) >= 11 is 0. The first-order chi connectivity index (χ1) is 9.11. The smallest absolute Gasteiger partial charge is 0.157 e. The molecule has 1 N–H and O–H groups in total. The van der Waals surface area contributed by atoms with E-state index in [0.29, 0.717) is 19.6 Å². The highest BCUT2D eigenvalue weighted by Crippen LogP contribution is 2.09. The quantitative estimate of drug-likeness (QED) is 0.548. The lowest BCUT2D eigenvalue weighted by molar-refractivity contribution is -0.116. The monoisotopic (exact) mass is 260 g/mol. The fourth-order valence-corrected chi connectivity index (χ4v) is 1.67. The van der Waals surface area contributed by atoms with Gasteiger partial charge >= 0.3 is 0 Å². The number of ether oxygens (including phenoxy) is 1. The molecule has 0 saturated carbocycles. The lowest BCUT2D eigenvalue weighted by Crippen LogP contribution is -2.14. The van der Waals surface area contributed by atoms with Gasteiger partial charge in [0.25, 0.3) is 0 Å². The third-order valence-electron chi connectivity index (χ3n) is 2.61. The second-order valence-corrected chi connectivity index (χ2v) is 4.46. The maximum absolute atomic E-state index is 11.1. The van der Waals surface area contributed by atoms with Gasteiger partial charge in [-0.1, -0.05) is 43.5 Å². The van der Waals surface area contributed by atoms with Crippen molar-refractivity contribution in [3.63, 3.8) is 0 Å². The van der Waals surface area contributed by atoms with Gasteiger partial charge in [-0.2, -0.15) is 0 Å². The molecule has 0 aliphatic heterocycles. The van der Waals surface area contributed by atoms with E-state index < -0.39 is 6.10 Å². The number of benzene rings is 1. The zero-order chi connectivity index (χ0) is 14.1. The Labute approximate surface area is 114 Å². The van der Waals surface area contributed by atoms with Gasteiger partial charge in [-0.3, -0.25) is 4.79 Å². The molecule has 102 valence electrons. The van der Waals surface area contributed by atoms with E-state index in [1.807, 2.05) is 30.3 Å². The van der Waals surface area contributed by atoms with Crippen molar-refractivity contribution in [3.8, 4) is 0 Å². The predicted octanol–water partition coefficient (Wildman–Crippen LogP) is 2.66. The minimum absolute atomic E-state index is 0.0845. The second kappa shape index (κ2) is 8.40. The van der Waals surface area contributed by atoms with Crippen molar-refractivity contribution in [3.05, 3.63) is 60.7 Å². The minimum Gasteiger partial charge on any atom is -0.392 e. The lowest BCUT2D eigenvalue weighted by Gasteiger charge is -2.11. The van der Waals surface area contributed by atoms with Crippen molar-refractivity contribution in [2.24, 2.45) is 0 Å². The summed E-state index contributed by atoms with van der Waals surface area (Å²) in [6.07, 6.45) is 0.964. The molecule has 1 aromatic carbocycles. The Kier molecular flexibility index (Phi) is 6.79. The molecule has 1 rings (SSSR count). The normalized spacial score (nSPS) is 11.8. The van der Waals surface area contributed by atoms with Gasteiger partial charge in [0.15, 0.2) is 5.78 Å². The molecular formula is C16H20O3. The number of rotatable bonds is 9.